The number of likely N-dealkylation sites (N-methyl/N-ethyl adjacent to an activating group) is 2. The molecule has 0 radical (unpaired) electrons. The van der Waals surface area contributed by atoms with Gasteiger partial charge in [-0.1, -0.05) is 13.8 Å². The van der Waals surface area contributed by atoms with Crippen LogP contribution in [-0.4, -0.2) is 56.1 Å². The lowest BCUT2D eigenvalue weighted by Crippen LogP contribution is -2.58. The fourth-order valence-electron chi connectivity index (χ4n) is 3.83. The van der Waals surface area contributed by atoms with E-state index in [1.165, 1.54) is 6.42 Å². The second kappa shape index (κ2) is 6.73. The van der Waals surface area contributed by atoms with Gasteiger partial charge in [-0.2, -0.15) is 0 Å². The number of nitrogens with one attached hydrogen (secondary N) is 1. The first-order chi connectivity index (χ1) is 9.47. The van der Waals surface area contributed by atoms with Crippen LogP contribution in [0.15, 0.2) is 0 Å². The van der Waals surface area contributed by atoms with Crippen LogP contribution in [-0.2, 0) is 9.47 Å². The van der Waals surface area contributed by atoms with Gasteiger partial charge in [0.2, 0.25) is 0 Å². The molecule has 0 aromatic carbocycles. The molecule has 0 bridgehead atoms. The standard InChI is InChI=1S/C16H32N2O2/c1-12(2)10-13(3)18(5)15-11-16(19-8-9-20-16)7-6-14(15)17-4/h12-15,17H,6-11H2,1-5H3. The first-order valence-corrected chi connectivity index (χ1v) is 8.14. The summed E-state index contributed by atoms with van der Waals surface area (Å²) >= 11 is 0. The molecule has 1 N–H and O–H groups in total. The molecule has 2 aliphatic rings. The lowest BCUT2D eigenvalue weighted by molar-refractivity contribution is -0.193. The van der Waals surface area contributed by atoms with Crippen LogP contribution in [0.5, 0.6) is 0 Å². The van der Waals surface area contributed by atoms with Crippen LogP contribution >= 0.6 is 0 Å². The second-order valence-corrected chi connectivity index (χ2v) is 6.96. The van der Waals surface area contributed by atoms with Crippen molar-refractivity contribution in [2.75, 3.05) is 27.3 Å². The highest BCUT2D eigenvalue weighted by Crippen LogP contribution is 2.38. The quantitative estimate of drug-likeness (QED) is 0.839. The molecule has 1 spiro atoms. The maximum atomic E-state index is 5.94. The highest BCUT2D eigenvalue weighted by atomic mass is 16.7. The number of nitrogens with zero attached hydrogens (tertiary/aromatic N) is 1. The van der Waals surface area contributed by atoms with Gasteiger partial charge in [0.25, 0.3) is 0 Å². The van der Waals surface area contributed by atoms with Crippen molar-refractivity contribution in [3.05, 3.63) is 0 Å². The van der Waals surface area contributed by atoms with Crippen molar-refractivity contribution in [1.82, 2.24) is 10.2 Å². The van der Waals surface area contributed by atoms with E-state index in [9.17, 15) is 0 Å². The third-order valence-corrected chi connectivity index (χ3v) is 5.04. The molecule has 118 valence electrons. The molecule has 1 aliphatic carbocycles. The summed E-state index contributed by atoms with van der Waals surface area (Å²) in [5.74, 6) is 0.432. The number of hydrogen-bond donors (Lipinski definition) is 1. The Bertz CT molecular complexity index is 303. The van der Waals surface area contributed by atoms with E-state index in [4.69, 9.17) is 9.47 Å². The molecule has 20 heavy (non-hydrogen) atoms. The fourth-order valence-corrected chi connectivity index (χ4v) is 3.83. The van der Waals surface area contributed by atoms with Crippen LogP contribution in [0.3, 0.4) is 0 Å². The SMILES string of the molecule is CNC1CCC2(CC1N(C)C(C)CC(C)C)OCCO2. The van der Waals surface area contributed by atoms with E-state index >= 15 is 0 Å². The Balaban J connectivity index is 2.04. The van der Waals surface area contributed by atoms with Gasteiger partial charge in [0.05, 0.1) is 13.2 Å². The average molecular weight is 284 g/mol. The Morgan fingerprint density at radius 1 is 1.25 bits per heavy atom. The zero-order valence-electron chi connectivity index (χ0n) is 13.8. The molecule has 0 aromatic heterocycles. The Hall–Kier alpha value is -0.160. The summed E-state index contributed by atoms with van der Waals surface area (Å²) in [6.45, 7) is 8.44. The molecule has 3 unspecified atom stereocenters. The molecule has 0 aromatic rings. The molecule has 0 amide bonds. The van der Waals surface area contributed by atoms with E-state index in [-0.39, 0.29) is 5.79 Å². The molecule has 1 saturated heterocycles. The fraction of sp³-hybridized carbons (Fsp3) is 1.00. The van der Waals surface area contributed by atoms with Crippen LogP contribution in [0.1, 0.15) is 46.5 Å². The van der Waals surface area contributed by atoms with Crippen LogP contribution in [0, 0.1) is 5.92 Å². The molecule has 4 nitrogen and oxygen atoms in total. The summed E-state index contributed by atoms with van der Waals surface area (Å²) in [5.41, 5.74) is 0. The monoisotopic (exact) mass is 284 g/mol. The van der Waals surface area contributed by atoms with E-state index < -0.39 is 0 Å². The first kappa shape index (κ1) is 16.2. The maximum absolute atomic E-state index is 5.94. The molecular formula is C16H32N2O2. The normalized spacial score (nSPS) is 31.4. The van der Waals surface area contributed by atoms with Crippen molar-refractivity contribution in [2.24, 2.45) is 5.92 Å². The van der Waals surface area contributed by atoms with Crippen molar-refractivity contribution in [1.29, 1.82) is 0 Å². The highest BCUT2D eigenvalue weighted by Gasteiger charge is 2.46. The molecule has 1 aliphatic heterocycles. The van der Waals surface area contributed by atoms with Gasteiger partial charge >= 0.3 is 0 Å². The van der Waals surface area contributed by atoms with Gasteiger partial charge in [-0.05, 0) is 39.8 Å². The minimum absolute atomic E-state index is 0.302. The molecule has 4 heteroatoms. The summed E-state index contributed by atoms with van der Waals surface area (Å²) in [6.07, 6.45) is 4.36. The zero-order chi connectivity index (χ0) is 14.8. The lowest BCUT2D eigenvalue weighted by Gasteiger charge is -2.46. The van der Waals surface area contributed by atoms with E-state index in [1.807, 2.05) is 0 Å². The number of hydrogen-bond acceptors (Lipinski definition) is 4. The Morgan fingerprint density at radius 3 is 2.45 bits per heavy atom. The molecule has 1 saturated carbocycles. The van der Waals surface area contributed by atoms with Crippen molar-refractivity contribution in [3.8, 4) is 0 Å². The molecule has 2 fully saturated rings. The topological polar surface area (TPSA) is 33.7 Å². The number of ether oxygens (including phenoxy) is 2. The molecule has 3 atom stereocenters. The van der Waals surface area contributed by atoms with Gasteiger partial charge in [-0.3, -0.25) is 4.90 Å². The Morgan fingerprint density at radius 2 is 1.90 bits per heavy atom. The third-order valence-electron chi connectivity index (χ3n) is 5.04. The first-order valence-electron chi connectivity index (χ1n) is 8.14. The highest BCUT2D eigenvalue weighted by molar-refractivity contribution is 4.96. The van der Waals surface area contributed by atoms with Gasteiger partial charge in [0.1, 0.15) is 0 Å². The van der Waals surface area contributed by atoms with Gasteiger partial charge in [0, 0.05) is 31.0 Å². The Kier molecular flexibility index (Phi) is 5.46. The molecular weight excluding hydrogens is 252 g/mol. The van der Waals surface area contributed by atoms with Gasteiger partial charge in [-0.25, -0.2) is 0 Å². The van der Waals surface area contributed by atoms with Crippen molar-refractivity contribution >= 4 is 0 Å². The maximum Gasteiger partial charge on any atom is 0.170 e. The summed E-state index contributed by atoms with van der Waals surface area (Å²) in [6, 6.07) is 1.61. The van der Waals surface area contributed by atoms with Crippen molar-refractivity contribution < 1.29 is 9.47 Å². The van der Waals surface area contributed by atoms with Gasteiger partial charge < -0.3 is 14.8 Å². The van der Waals surface area contributed by atoms with E-state index in [0.29, 0.717) is 18.1 Å². The van der Waals surface area contributed by atoms with E-state index in [0.717, 1.165) is 38.4 Å². The summed E-state index contributed by atoms with van der Waals surface area (Å²) < 4.78 is 11.9. The lowest BCUT2D eigenvalue weighted by atomic mass is 9.84. The van der Waals surface area contributed by atoms with Crippen LogP contribution < -0.4 is 5.32 Å². The summed E-state index contributed by atoms with van der Waals surface area (Å²) in [4.78, 5) is 2.53. The van der Waals surface area contributed by atoms with E-state index in [2.05, 4.69) is 45.1 Å². The minimum Gasteiger partial charge on any atom is -0.347 e. The van der Waals surface area contributed by atoms with Crippen LogP contribution in [0.4, 0.5) is 0 Å². The molecule has 1 heterocycles. The van der Waals surface area contributed by atoms with Crippen LogP contribution in [0.2, 0.25) is 0 Å². The zero-order valence-corrected chi connectivity index (χ0v) is 13.8. The summed E-state index contributed by atoms with van der Waals surface area (Å²) in [5, 5.41) is 3.50. The Labute approximate surface area is 124 Å². The number of rotatable bonds is 5. The van der Waals surface area contributed by atoms with Gasteiger partial charge in [-0.15, -0.1) is 0 Å². The second-order valence-electron chi connectivity index (χ2n) is 6.96. The largest absolute Gasteiger partial charge is 0.347 e. The van der Waals surface area contributed by atoms with E-state index in [1.54, 1.807) is 0 Å². The smallest absolute Gasteiger partial charge is 0.170 e. The van der Waals surface area contributed by atoms with Crippen molar-refractivity contribution in [3.63, 3.8) is 0 Å². The average Bonchev–Trinajstić information content (AvgIpc) is 2.85. The van der Waals surface area contributed by atoms with Gasteiger partial charge in [0.15, 0.2) is 5.79 Å². The summed E-state index contributed by atoms with van der Waals surface area (Å²) in [7, 11) is 4.34. The molecule has 2 rings (SSSR count). The third kappa shape index (κ3) is 3.53. The van der Waals surface area contributed by atoms with Crippen LogP contribution in [0.25, 0.3) is 0 Å². The minimum atomic E-state index is -0.302. The predicted molar refractivity (Wildman–Crippen MR) is 81.8 cm³/mol. The predicted octanol–water partition coefficient (Wildman–Crippen LogP) is 2.24. The van der Waals surface area contributed by atoms with Crippen molar-refractivity contribution in [2.45, 2.75) is 70.4 Å².